The fourth-order valence-corrected chi connectivity index (χ4v) is 1.19. The molecule has 1 saturated heterocycles. The molecular formula is C9H17NO. The van der Waals surface area contributed by atoms with Gasteiger partial charge in [0.15, 0.2) is 0 Å². The van der Waals surface area contributed by atoms with Crippen molar-refractivity contribution in [1.29, 1.82) is 0 Å². The van der Waals surface area contributed by atoms with Crippen LogP contribution in [0.15, 0.2) is 12.2 Å². The van der Waals surface area contributed by atoms with E-state index in [2.05, 4.69) is 24.4 Å². The molecule has 1 atom stereocenters. The number of rotatable bonds is 3. The molecular weight excluding hydrogens is 138 g/mol. The highest BCUT2D eigenvalue weighted by Crippen LogP contribution is 2.02. The van der Waals surface area contributed by atoms with Crippen molar-refractivity contribution in [3.05, 3.63) is 12.2 Å². The Morgan fingerprint density at radius 2 is 2.45 bits per heavy atom. The van der Waals surface area contributed by atoms with Gasteiger partial charge in [0.25, 0.3) is 0 Å². The zero-order chi connectivity index (χ0) is 7.94. The first-order valence-electron chi connectivity index (χ1n) is 4.40. The average Bonchev–Trinajstić information content (AvgIpc) is 2.07. The van der Waals surface area contributed by atoms with E-state index in [0.717, 1.165) is 32.5 Å². The van der Waals surface area contributed by atoms with E-state index in [4.69, 9.17) is 4.74 Å². The second-order valence-corrected chi connectivity index (χ2v) is 2.81. The van der Waals surface area contributed by atoms with E-state index in [1.54, 1.807) is 0 Å². The van der Waals surface area contributed by atoms with Crippen LogP contribution in [0.4, 0.5) is 0 Å². The summed E-state index contributed by atoms with van der Waals surface area (Å²) in [7, 11) is 0. The summed E-state index contributed by atoms with van der Waals surface area (Å²) in [5, 5.41) is 3.30. The first kappa shape index (κ1) is 8.75. The lowest BCUT2D eigenvalue weighted by molar-refractivity contribution is 0.0308. The van der Waals surface area contributed by atoms with Gasteiger partial charge in [0.1, 0.15) is 0 Å². The van der Waals surface area contributed by atoms with Gasteiger partial charge in [-0.1, -0.05) is 19.1 Å². The van der Waals surface area contributed by atoms with Crippen molar-refractivity contribution in [2.24, 2.45) is 0 Å². The van der Waals surface area contributed by atoms with Crippen LogP contribution in [0.2, 0.25) is 0 Å². The van der Waals surface area contributed by atoms with E-state index in [-0.39, 0.29) is 0 Å². The molecule has 0 aromatic carbocycles. The first-order chi connectivity index (χ1) is 5.43. The summed E-state index contributed by atoms with van der Waals surface area (Å²) < 4.78 is 5.51. The minimum atomic E-state index is 0.409. The summed E-state index contributed by atoms with van der Waals surface area (Å²) in [6, 6.07) is 0. The summed E-state index contributed by atoms with van der Waals surface area (Å²) in [6.07, 6.45) is 6.99. The minimum Gasteiger partial charge on any atom is -0.375 e. The lowest BCUT2D eigenvalue weighted by Crippen LogP contribution is -2.38. The van der Waals surface area contributed by atoms with Crippen LogP contribution in [0.3, 0.4) is 0 Å². The predicted octanol–water partition coefficient (Wildman–Crippen LogP) is 1.33. The van der Waals surface area contributed by atoms with Crippen molar-refractivity contribution in [1.82, 2.24) is 5.32 Å². The fourth-order valence-electron chi connectivity index (χ4n) is 1.19. The molecule has 64 valence electrons. The predicted molar refractivity (Wildman–Crippen MR) is 46.7 cm³/mol. The lowest BCUT2D eigenvalue weighted by Gasteiger charge is -2.22. The quantitative estimate of drug-likeness (QED) is 0.621. The smallest absolute Gasteiger partial charge is 0.0734 e. The molecule has 2 nitrogen and oxygen atoms in total. The van der Waals surface area contributed by atoms with Crippen molar-refractivity contribution in [2.75, 3.05) is 19.7 Å². The maximum Gasteiger partial charge on any atom is 0.0734 e. The molecule has 1 rings (SSSR count). The highest BCUT2D eigenvalue weighted by atomic mass is 16.5. The third-order valence-corrected chi connectivity index (χ3v) is 1.81. The standard InChI is InChI=1S/C9H17NO/c1-2-3-4-5-9-8-10-6-7-11-9/h3-4,9-10H,2,5-8H2,1H3. The molecule has 0 aromatic rings. The van der Waals surface area contributed by atoms with E-state index in [0.29, 0.717) is 6.10 Å². The van der Waals surface area contributed by atoms with Crippen LogP contribution in [0.25, 0.3) is 0 Å². The highest BCUT2D eigenvalue weighted by Gasteiger charge is 2.10. The zero-order valence-corrected chi connectivity index (χ0v) is 7.18. The molecule has 11 heavy (non-hydrogen) atoms. The van der Waals surface area contributed by atoms with E-state index < -0.39 is 0 Å². The molecule has 0 saturated carbocycles. The van der Waals surface area contributed by atoms with Gasteiger partial charge in [-0.25, -0.2) is 0 Å². The van der Waals surface area contributed by atoms with E-state index in [1.165, 1.54) is 0 Å². The number of hydrogen-bond donors (Lipinski definition) is 1. The SMILES string of the molecule is CCC=CCC1CNCCO1. The van der Waals surface area contributed by atoms with E-state index >= 15 is 0 Å². The summed E-state index contributed by atoms with van der Waals surface area (Å²) >= 11 is 0. The molecule has 0 spiro atoms. The Morgan fingerprint density at radius 3 is 3.09 bits per heavy atom. The first-order valence-corrected chi connectivity index (χ1v) is 4.40. The van der Waals surface area contributed by atoms with Gasteiger partial charge < -0.3 is 10.1 Å². The average molecular weight is 155 g/mol. The zero-order valence-electron chi connectivity index (χ0n) is 7.18. The van der Waals surface area contributed by atoms with Gasteiger partial charge in [0, 0.05) is 13.1 Å². The van der Waals surface area contributed by atoms with Crippen LogP contribution >= 0.6 is 0 Å². The third kappa shape index (κ3) is 3.54. The molecule has 0 radical (unpaired) electrons. The molecule has 1 N–H and O–H groups in total. The summed E-state index contributed by atoms with van der Waals surface area (Å²) in [6.45, 7) is 5.03. The van der Waals surface area contributed by atoms with Gasteiger partial charge in [0.2, 0.25) is 0 Å². The number of ether oxygens (including phenoxy) is 1. The topological polar surface area (TPSA) is 21.3 Å². The van der Waals surface area contributed by atoms with Gasteiger partial charge >= 0.3 is 0 Å². The van der Waals surface area contributed by atoms with Gasteiger partial charge in [-0.05, 0) is 12.8 Å². The van der Waals surface area contributed by atoms with Crippen LogP contribution < -0.4 is 5.32 Å². The van der Waals surface area contributed by atoms with Crippen molar-refractivity contribution >= 4 is 0 Å². The van der Waals surface area contributed by atoms with Crippen LogP contribution in [-0.4, -0.2) is 25.8 Å². The van der Waals surface area contributed by atoms with Gasteiger partial charge in [-0.3, -0.25) is 0 Å². The second kappa shape index (κ2) is 5.33. The van der Waals surface area contributed by atoms with Gasteiger partial charge in [0.05, 0.1) is 12.7 Å². The minimum absolute atomic E-state index is 0.409. The van der Waals surface area contributed by atoms with Gasteiger partial charge in [-0.2, -0.15) is 0 Å². The number of nitrogens with one attached hydrogen (secondary N) is 1. The molecule has 1 fully saturated rings. The van der Waals surface area contributed by atoms with E-state index in [9.17, 15) is 0 Å². The van der Waals surface area contributed by atoms with E-state index in [1.807, 2.05) is 0 Å². The lowest BCUT2D eigenvalue weighted by atomic mass is 10.2. The second-order valence-electron chi connectivity index (χ2n) is 2.81. The summed E-state index contributed by atoms with van der Waals surface area (Å²) in [5.74, 6) is 0. The summed E-state index contributed by atoms with van der Waals surface area (Å²) in [5.41, 5.74) is 0. The third-order valence-electron chi connectivity index (χ3n) is 1.81. The molecule has 2 heteroatoms. The Hall–Kier alpha value is -0.340. The summed E-state index contributed by atoms with van der Waals surface area (Å²) in [4.78, 5) is 0. The van der Waals surface area contributed by atoms with Gasteiger partial charge in [-0.15, -0.1) is 0 Å². The van der Waals surface area contributed by atoms with Crippen molar-refractivity contribution in [2.45, 2.75) is 25.9 Å². The molecule has 1 heterocycles. The molecule has 1 aliphatic heterocycles. The Kier molecular flexibility index (Phi) is 4.24. The number of hydrogen-bond acceptors (Lipinski definition) is 2. The fraction of sp³-hybridized carbons (Fsp3) is 0.778. The Bertz CT molecular complexity index is 117. The highest BCUT2D eigenvalue weighted by molar-refractivity contribution is 4.84. The number of allylic oxidation sites excluding steroid dienone is 1. The van der Waals surface area contributed by atoms with Crippen molar-refractivity contribution in [3.63, 3.8) is 0 Å². The normalized spacial score (nSPS) is 26.1. The van der Waals surface area contributed by atoms with Crippen LogP contribution in [0, 0.1) is 0 Å². The molecule has 0 amide bonds. The molecule has 0 aromatic heterocycles. The maximum atomic E-state index is 5.51. The Morgan fingerprint density at radius 1 is 1.55 bits per heavy atom. The largest absolute Gasteiger partial charge is 0.375 e. The van der Waals surface area contributed by atoms with Crippen molar-refractivity contribution in [3.8, 4) is 0 Å². The number of morpholine rings is 1. The van der Waals surface area contributed by atoms with Crippen LogP contribution in [0.1, 0.15) is 19.8 Å². The molecule has 0 aliphatic carbocycles. The maximum absolute atomic E-state index is 5.51. The van der Waals surface area contributed by atoms with Crippen LogP contribution in [0.5, 0.6) is 0 Å². The Labute approximate surface area is 68.6 Å². The Balaban J connectivity index is 2.09. The molecule has 1 aliphatic rings. The molecule has 1 unspecified atom stereocenters. The van der Waals surface area contributed by atoms with Crippen LogP contribution in [-0.2, 0) is 4.74 Å². The van der Waals surface area contributed by atoms with Crippen molar-refractivity contribution < 1.29 is 4.74 Å². The molecule has 0 bridgehead atoms. The monoisotopic (exact) mass is 155 g/mol.